The van der Waals surface area contributed by atoms with E-state index < -0.39 is 24.0 Å². The summed E-state index contributed by atoms with van der Waals surface area (Å²) in [4.78, 5) is 24.9. The minimum Gasteiger partial charge on any atom is -0.490 e. The second-order valence-electron chi connectivity index (χ2n) is 22.9. The molecule has 1 aromatic rings. The van der Waals surface area contributed by atoms with Gasteiger partial charge in [0.2, 0.25) is 5.75 Å². The zero-order valence-electron chi connectivity index (χ0n) is 50.2. The summed E-state index contributed by atoms with van der Waals surface area (Å²) in [6.45, 7) is 10.2. The molecule has 1 atom stereocenters. The molecule has 1 unspecified atom stereocenters. The van der Waals surface area contributed by atoms with E-state index in [0.717, 1.165) is 38.5 Å². The van der Waals surface area contributed by atoms with Crippen LogP contribution in [0.1, 0.15) is 348 Å². The summed E-state index contributed by atoms with van der Waals surface area (Å²) in [6, 6.07) is 3.69. The maximum absolute atomic E-state index is 12.8. The highest BCUT2D eigenvalue weighted by molar-refractivity contribution is 5.84. The lowest BCUT2D eigenvalue weighted by Crippen LogP contribution is -2.45. The molecule has 75 heavy (non-hydrogen) atoms. The van der Waals surface area contributed by atoms with Gasteiger partial charge in [-0.25, -0.2) is 4.79 Å². The number of carboxylic acids is 2. The Hall–Kier alpha value is -2.48. The van der Waals surface area contributed by atoms with Gasteiger partial charge in [-0.3, -0.25) is 4.79 Å². The summed E-state index contributed by atoms with van der Waals surface area (Å²) >= 11 is 0. The fourth-order valence-corrected chi connectivity index (χ4v) is 10.8. The SMILES string of the molecule is CCCCCCCCCCCCCCCCCCOc1cc(CC(CC(=O)O)(OCC)C(=O)O)cc(OCCCCCCCCCCCCCCCCCC)c1OCCCCCCCCCCCCCCCCCC. The number of hydrogen-bond acceptors (Lipinski definition) is 6. The van der Waals surface area contributed by atoms with Crippen LogP contribution in [0.3, 0.4) is 0 Å². The van der Waals surface area contributed by atoms with Crippen LogP contribution < -0.4 is 14.2 Å². The number of benzene rings is 1. The van der Waals surface area contributed by atoms with E-state index in [2.05, 4.69) is 20.8 Å². The van der Waals surface area contributed by atoms with Crippen molar-refractivity contribution in [1.29, 1.82) is 0 Å². The number of carboxylic acid groups (broad SMARTS) is 2. The van der Waals surface area contributed by atoms with Gasteiger partial charge in [-0.15, -0.1) is 0 Å². The van der Waals surface area contributed by atoms with E-state index in [1.165, 1.54) is 270 Å². The van der Waals surface area contributed by atoms with E-state index in [1.807, 2.05) is 12.1 Å². The molecule has 0 spiro atoms. The molecule has 0 radical (unpaired) electrons. The number of rotatable bonds is 61. The van der Waals surface area contributed by atoms with Crippen LogP contribution in [-0.2, 0) is 20.7 Å². The Bertz CT molecular complexity index is 1340. The van der Waals surface area contributed by atoms with Gasteiger partial charge in [0.1, 0.15) is 0 Å². The standard InChI is InChI=1S/C67H124O8/c1-5-9-12-15-18-21-24-27-30-33-36-39-42-45-48-51-54-72-62-57-61(59-67(66(70)71,75-8-4)60-64(68)69)58-63(73-55-52-49-46-43-40-37-34-31-28-25-22-19-16-13-10-6-2)65(62)74-56-53-50-47-44-41-38-35-32-29-26-23-20-17-14-11-7-3/h57-58H,5-56,59-60H2,1-4H3,(H,68,69)(H,70,71). The molecule has 1 aromatic carbocycles. The van der Waals surface area contributed by atoms with Gasteiger partial charge >= 0.3 is 11.9 Å². The number of unbranched alkanes of at least 4 members (excludes halogenated alkanes) is 45. The van der Waals surface area contributed by atoms with Crippen molar-refractivity contribution >= 4 is 11.9 Å². The summed E-state index contributed by atoms with van der Waals surface area (Å²) in [5.74, 6) is -0.856. The van der Waals surface area contributed by atoms with Crippen LogP contribution in [0, 0.1) is 0 Å². The first kappa shape index (κ1) is 70.5. The molecule has 0 amide bonds. The molecule has 0 heterocycles. The summed E-state index contributed by atoms with van der Waals surface area (Å²) < 4.78 is 25.5. The smallest absolute Gasteiger partial charge is 0.336 e. The highest BCUT2D eigenvalue weighted by Gasteiger charge is 2.42. The Balaban J connectivity index is 2.87. The first-order valence-corrected chi connectivity index (χ1v) is 33.0. The first-order chi connectivity index (χ1) is 36.8. The van der Waals surface area contributed by atoms with E-state index in [9.17, 15) is 19.8 Å². The quantitative estimate of drug-likeness (QED) is 0.0621. The summed E-state index contributed by atoms with van der Waals surface area (Å²) in [6.07, 6.45) is 61.9. The van der Waals surface area contributed by atoms with Crippen molar-refractivity contribution in [2.24, 2.45) is 0 Å². The van der Waals surface area contributed by atoms with Crippen LogP contribution in [0.15, 0.2) is 12.1 Å². The van der Waals surface area contributed by atoms with Crippen LogP contribution in [0.2, 0.25) is 0 Å². The van der Waals surface area contributed by atoms with Crippen molar-refractivity contribution in [1.82, 2.24) is 0 Å². The Labute approximate surface area is 464 Å². The maximum atomic E-state index is 12.8. The summed E-state index contributed by atoms with van der Waals surface area (Å²) in [5, 5.41) is 20.3. The molecule has 440 valence electrons. The van der Waals surface area contributed by atoms with E-state index in [4.69, 9.17) is 18.9 Å². The zero-order valence-corrected chi connectivity index (χ0v) is 50.2. The Morgan fingerprint density at radius 1 is 0.360 bits per heavy atom. The van der Waals surface area contributed by atoms with Gasteiger partial charge in [0.05, 0.1) is 26.2 Å². The van der Waals surface area contributed by atoms with Gasteiger partial charge in [-0.1, -0.05) is 310 Å². The summed E-state index contributed by atoms with van der Waals surface area (Å²) in [7, 11) is 0. The lowest BCUT2D eigenvalue weighted by Gasteiger charge is -2.28. The molecule has 0 aromatic heterocycles. The second-order valence-corrected chi connectivity index (χ2v) is 22.9. The molecular formula is C67H124O8. The van der Waals surface area contributed by atoms with Crippen LogP contribution >= 0.6 is 0 Å². The Morgan fingerprint density at radius 2 is 0.600 bits per heavy atom. The molecule has 0 aliphatic rings. The van der Waals surface area contributed by atoms with Gasteiger partial charge in [0.25, 0.3) is 0 Å². The van der Waals surface area contributed by atoms with E-state index in [1.54, 1.807) is 6.92 Å². The molecule has 0 aliphatic carbocycles. The summed E-state index contributed by atoms with van der Waals surface area (Å²) in [5.41, 5.74) is -1.32. The normalized spacial score (nSPS) is 12.3. The molecule has 0 bridgehead atoms. The fraction of sp³-hybridized carbons (Fsp3) is 0.881. The maximum Gasteiger partial charge on any atom is 0.336 e. The third-order valence-corrected chi connectivity index (χ3v) is 15.6. The van der Waals surface area contributed by atoms with Crippen molar-refractivity contribution in [3.05, 3.63) is 17.7 Å². The third kappa shape index (κ3) is 42.2. The molecule has 1 rings (SSSR count). The van der Waals surface area contributed by atoms with Gasteiger partial charge < -0.3 is 29.2 Å². The van der Waals surface area contributed by atoms with Crippen LogP contribution in [0.5, 0.6) is 17.2 Å². The minimum atomic E-state index is -1.92. The van der Waals surface area contributed by atoms with Crippen LogP contribution in [-0.4, -0.2) is 54.2 Å². The average molecular weight is 1060 g/mol. The lowest BCUT2D eigenvalue weighted by molar-refractivity contribution is -0.172. The Kier molecular flexibility index (Phi) is 50.3. The third-order valence-electron chi connectivity index (χ3n) is 15.6. The van der Waals surface area contributed by atoms with Crippen molar-refractivity contribution < 1.29 is 38.7 Å². The van der Waals surface area contributed by atoms with Crippen molar-refractivity contribution in [2.45, 2.75) is 354 Å². The highest BCUT2D eigenvalue weighted by atomic mass is 16.5. The van der Waals surface area contributed by atoms with Crippen LogP contribution in [0.25, 0.3) is 0 Å². The number of carbonyl (C=O) groups is 2. The number of hydrogen-bond donors (Lipinski definition) is 2. The predicted molar refractivity (Wildman–Crippen MR) is 320 cm³/mol. The lowest BCUT2D eigenvalue weighted by atomic mass is 9.90. The molecule has 0 aliphatic heterocycles. The van der Waals surface area contributed by atoms with Crippen molar-refractivity contribution in [3.8, 4) is 17.2 Å². The number of ether oxygens (including phenoxy) is 4. The number of aliphatic carboxylic acids is 2. The molecule has 0 saturated heterocycles. The van der Waals surface area contributed by atoms with E-state index >= 15 is 0 Å². The predicted octanol–water partition coefficient (Wildman–Crippen LogP) is 21.5. The Morgan fingerprint density at radius 3 is 0.827 bits per heavy atom. The van der Waals surface area contributed by atoms with Gasteiger partial charge in [-0.2, -0.15) is 0 Å². The molecule has 0 saturated carbocycles. The van der Waals surface area contributed by atoms with Crippen molar-refractivity contribution in [2.75, 3.05) is 26.4 Å². The van der Waals surface area contributed by atoms with Gasteiger partial charge in [-0.05, 0) is 43.9 Å². The zero-order chi connectivity index (χ0) is 54.4. The monoisotopic (exact) mass is 1060 g/mol. The topological polar surface area (TPSA) is 112 Å². The van der Waals surface area contributed by atoms with Crippen molar-refractivity contribution in [3.63, 3.8) is 0 Å². The molecule has 8 nitrogen and oxygen atoms in total. The molecule has 8 heteroatoms. The minimum absolute atomic E-state index is 0.0747. The molecular weight excluding hydrogens is 933 g/mol. The highest BCUT2D eigenvalue weighted by Crippen LogP contribution is 2.41. The molecule has 0 fully saturated rings. The second kappa shape index (κ2) is 53.5. The van der Waals surface area contributed by atoms with E-state index in [0.29, 0.717) is 42.6 Å². The largest absolute Gasteiger partial charge is 0.490 e. The average Bonchev–Trinajstić information content (AvgIpc) is 3.39. The fourth-order valence-electron chi connectivity index (χ4n) is 10.8. The van der Waals surface area contributed by atoms with Gasteiger partial charge in [0.15, 0.2) is 17.1 Å². The van der Waals surface area contributed by atoms with Crippen LogP contribution in [0.4, 0.5) is 0 Å². The van der Waals surface area contributed by atoms with E-state index in [-0.39, 0.29) is 13.0 Å². The van der Waals surface area contributed by atoms with Gasteiger partial charge in [0, 0.05) is 13.0 Å². The molecule has 2 N–H and O–H groups in total. The first-order valence-electron chi connectivity index (χ1n) is 33.0.